The van der Waals surface area contributed by atoms with Gasteiger partial charge in [-0.1, -0.05) is 6.92 Å². The van der Waals surface area contributed by atoms with E-state index in [2.05, 4.69) is 49.7 Å². The van der Waals surface area contributed by atoms with Crippen LogP contribution in [0.2, 0.25) is 0 Å². The van der Waals surface area contributed by atoms with Gasteiger partial charge in [0, 0.05) is 44.8 Å². The van der Waals surface area contributed by atoms with Crippen LogP contribution in [0.5, 0.6) is 0 Å². The maximum absolute atomic E-state index is 5.79. The van der Waals surface area contributed by atoms with Crippen LogP contribution in [0, 0.1) is 0 Å². The molecule has 4 nitrogen and oxygen atoms in total. The van der Waals surface area contributed by atoms with Crippen LogP contribution >= 0.6 is 0 Å². The Morgan fingerprint density at radius 1 is 1.26 bits per heavy atom. The minimum absolute atomic E-state index is 0.361. The standard InChI is InChI=1S/C15H33N3O/c1-6-17-9-10-19-15(12-17)11-16-7-8-18(13(2)3)14(4)5/h13-16H,6-12H2,1-5H3. The molecule has 0 aliphatic carbocycles. The summed E-state index contributed by atoms with van der Waals surface area (Å²) in [6, 6.07) is 1.23. The zero-order valence-corrected chi connectivity index (χ0v) is 13.5. The van der Waals surface area contributed by atoms with Gasteiger partial charge < -0.3 is 10.1 Å². The SMILES string of the molecule is CCN1CCOC(CNCCN(C(C)C)C(C)C)C1. The minimum Gasteiger partial charge on any atom is -0.374 e. The van der Waals surface area contributed by atoms with Gasteiger partial charge in [0.1, 0.15) is 0 Å². The molecule has 4 heteroatoms. The van der Waals surface area contributed by atoms with E-state index in [0.717, 1.165) is 45.9 Å². The number of nitrogens with one attached hydrogen (secondary N) is 1. The fourth-order valence-corrected chi connectivity index (χ4v) is 2.78. The number of ether oxygens (including phenoxy) is 1. The fourth-order valence-electron chi connectivity index (χ4n) is 2.78. The molecule has 1 aliphatic heterocycles. The van der Waals surface area contributed by atoms with E-state index in [1.165, 1.54) is 0 Å². The molecule has 0 amide bonds. The Kier molecular flexibility index (Phi) is 7.91. The van der Waals surface area contributed by atoms with E-state index < -0.39 is 0 Å². The van der Waals surface area contributed by atoms with Crippen molar-refractivity contribution in [2.24, 2.45) is 0 Å². The molecule has 0 aromatic rings. The first-order valence-electron chi connectivity index (χ1n) is 7.85. The normalized spacial score (nSPS) is 21.8. The third-order valence-corrected chi connectivity index (χ3v) is 3.92. The van der Waals surface area contributed by atoms with E-state index in [4.69, 9.17) is 4.74 Å². The molecule has 0 aromatic carbocycles. The first-order chi connectivity index (χ1) is 9.04. The summed E-state index contributed by atoms with van der Waals surface area (Å²) < 4.78 is 5.79. The average molecular weight is 271 g/mol. The van der Waals surface area contributed by atoms with E-state index in [0.29, 0.717) is 18.2 Å². The summed E-state index contributed by atoms with van der Waals surface area (Å²) in [5.41, 5.74) is 0. The van der Waals surface area contributed by atoms with Crippen molar-refractivity contribution in [2.75, 3.05) is 45.9 Å². The smallest absolute Gasteiger partial charge is 0.0826 e. The van der Waals surface area contributed by atoms with Crippen LogP contribution < -0.4 is 5.32 Å². The van der Waals surface area contributed by atoms with Crippen LogP contribution in [0.1, 0.15) is 34.6 Å². The van der Waals surface area contributed by atoms with Crippen molar-refractivity contribution in [3.05, 3.63) is 0 Å². The maximum atomic E-state index is 5.79. The average Bonchev–Trinajstić information content (AvgIpc) is 2.37. The van der Waals surface area contributed by atoms with Crippen LogP contribution in [0.15, 0.2) is 0 Å². The van der Waals surface area contributed by atoms with Crippen molar-refractivity contribution in [1.29, 1.82) is 0 Å². The van der Waals surface area contributed by atoms with Gasteiger partial charge in [0.25, 0.3) is 0 Å². The van der Waals surface area contributed by atoms with Gasteiger partial charge in [-0.2, -0.15) is 0 Å². The summed E-state index contributed by atoms with van der Waals surface area (Å²) in [4.78, 5) is 4.98. The molecular weight excluding hydrogens is 238 g/mol. The number of likely N-dealkylation sites (N-methyl/N-ethyl adjacent to an activating group) is 1. The molecule has 1 rings (SSSR count). The molecule has 1 heterocycles. The summed E-state index contributed by atoms with van der Waals surface area (Å²) in [5.74, 6) is 0. The topological polar surface area (TPSA) is 27.7 Å². The molecule has 1 N–H and O–H groups in total. The lowest BCUT2D eigenvalue weighted by Crippen LogP contribution is -2.48. The molecule has 1 saturated heterocycles. The third kappa shape index (κ3) is 6.21. The van der Waals surface area contributed by atoms with Gasteiger partial charge in [0.2, 0.25) is 0 Å². The van der Waals surface area contributed by atoms with E-state index >= 15 is 0 Å². The lowest BCUT2D eigenvalue weighted by atomic mass is 10.2. The molecule has 0 radical (unpaired) electrons. The Morgan fingerprint density at radius 3 is 2.53 bits per heavy atom. The van der Waals surface area contributed by atoms with Crippen molar-refractivity contribution < 1.29 is 4.74 Å². The molecule has 0 aromatic heterocycles. The van der Waals surface area contributed by atoms with E-state index in [-0.39, 0.29) is 0 Å². The van der Waals surface area contributed by atoms with Gasteiger partial charge in [-0.15, -0.1) is 0 Å². The monoisotopic (exact) mass is 271 g/mol. The highest BCUT2D eigenvalue weighted by Crippen LogP contribution is 2.05. The second-order valence-electron chi connectivity index (χ2n) is 6.02. The summed E-state index contributed by atoms with van der Waals surface area (Å²) in [7, 11) is 0. The molecule has 114 valence electrons. The van der Waals surface area contributed by atoms with Crippen molar-refractivity contribution in [1.82, 2.24) is 15.1 Å². The Balaban J connectivity index is 2.16. The van der Waals surface area contributed by atoms with Crippen molar-refractivity contribution >= 4 is 0 Å². The first kappa shape index (κ1) is 16.9. The van der Waals surface area contributed by atoms with Crippen molar-refractivity contribution in [2.45, 2.75) is 52.8 Å². The zero-order chi connectivity index (χ0) is 14.3. The van der Waals surface area contributed by atoms with Crippen LogP contribution in [0.3, 0.4) is 0 Å². The number of morpholine rings is 1. The summed E-state index contributed by atoms with van der Waals surface area (Å²) >= 11 is 0. The maximum Gasteiger partial charge on any atom is 0.0826 e. The zero-order valence-electron chi connectivity index (χ0n) is 13.5. The van der Waals surface area contributed by atoms with Crippen molar-refractivity contribution in [3.63, 3.8) is 0 Å². The highest BCUT2D eigenvalue weighted by atomic mass is 16.5. The quantitative estimate of drug-likeness (QED) is 0.676. The van der Waals surface area contributed by atoms with E-state index in [9.17, 15) is 0 Å². The highest BCUT2D eigenvalue weighted by Gasteiger charge is 2.19. The summed E-state index contributed by atoms with van der Waals surface area (Å²) in [5, 5.41) is 3.55. The molecule has 0 spiro atoms. The molecule has 19 heavy (non-hydrogen) atoms. The molecule has 1 atom stereocenters. The highest BCUT2D eigenvalue weighted by molar-refractivity contribution is 4.74. The second kappa shape index (κ2) is 8.90. The third-order valence-electron chi connectivity index (χ3n) is 3.92. The molecule has 0 bridgehead atoms. The van der Waals surface area contributed by atoms with Crippen LogP contribution in [-0.2, 0) is 4.74 Å². The van der Waals surface area contributed by atoms with Gasteiger partial charge in [-0.25, -0.2) is 0 Å². The summed E-state index contributed by atoms with van der Waals surface area (Å²) in [6.07, 6.45) is 0.361. The predicted octanol–water partition coefficient (Wildman–Crippen LogP) is 1.42. The van der Waals surface area contributed by atoms with Gasteiger partial charge in [0.05, 0.1) is 12.7 Å². The van der Waals surface area contributed by atoms with Gasteiger partial charge in [-0.3, -0.25) is 9.80 Å². The van der Waals surface area contributed by atoms with Gasteiger partial charge in [0.15, 0.2) is 0 Å². The number of rotatable bonds is 8. The Labute approximate surface area is 119 Å². The van der Waals surface area contributed by atoms with Crippen LogP contribution in [-0.4, -0.2) is 73.9 Å². The number of hydrogen-bond acceptors (Lipinski definition) is 4. The number of nitrogens with zero attached hydrogens (tertiary/aromatic N) is 2. The molecule has 1 unspecified atom stereocenters. The van der Waals surface area contributed by atoms with E-state index in [1.807, 2.05) is 0 Å². The minimum atomic E-state index is 0.361. The van der Waals surface area contributed by atoms with Crippen LogP contribution in [0.25, 0.3) is 0 Å². The van der Waals surface area contributed by atoms with Gasteiger partial charge >= 0.3 is 0 Å². The molecule has 1 fully saturated rings. The van der Waals surface area contributed by atoms with Crippen molar-refractivity contribution in [3.8, 4) is 0 Å². The Bertz CT molecular complexity index is 225. The van der Waals surface area contributed by atoms with Gasteiger partial charge in [-0.05, 0) is 34.2 Å². The summed E-state index contributed by atoms with van der Waals surface area (Å²) in [6.45, 7) is 18.6. The molecule has 1 aliphatic rings. The molecular formula is C15H33N3O. The molecule has 0 saturated carbocycles. The number of hydrogen-bond donors (Lipinski definition) is 1. The van der Waals surface area contributed by atoms with E-state index in [1.54, 1.807) is 0 Å². The lowest BCUT2D eigenvalue weighted by Gasteiger charge is -2.33. The Hall–Kier alpha value is -0.160. The largest absolute Gasteiger partial charge is 0.374 e. The second-order valence-corrected chi connectivity index (χ2v) is 6.02. The Morgan fingerprint density at radius 2 is 1.95 bits per heavy atom. The lowest BCUT2D eigenvalue weighted by molar-refractivity contribution is -0.0254. The first-order valence-corrected chi connectivity index (χ1v) is 7.85. The predicted molar refractivity (Wildman–Crippen MR) is 81.7 cm³/mol. The fraction of sp³-hybridized carbons (Fsp3) is 1.00. The van der Waals surface area contributed by atoms with Crippen LogP contribution in [0.4, 0.5) is 0 Å².